The Morgan fingerprint density at radius 3 is 2.56 bits per heavy atom. The lowest BCUT2D eigenvalue weighted by atomic mass is 10.1. The minimum absolute atomic E-state index is 0.112. The first-order valence-electron chi connectivity index (χ1n) is 10.6. The molecule has 0 bridgehead atoms. The molecule has 182 valence electrons. The van der Waals surface area contributed by atoms with Gasteiger partial charge in [-0.1, -0.05) is 32.1 Å². The second-order valence-electron chi connectivity index (χ2n) is 6.42. The molecular formula is C24H30FN5O4. The molecule has 0 atom stereocenters. The molecule has 1 aliphatic heterocycles. The first-order valence-corrected chi connectivity index (χ1v) is 10.6. The van der Waals surface area contributed by atoms with Crippen LogP contribution in [0, 0.1) is 12.7 Å². The van der Waals surface area contributed by atoms with Gasteiger partial charge in [0.2, 0.25) is 24.0 Å². The molecule has 1 aliphatic rings. The van der Waals surface area contributed by atoms with E-state index in [1.54, 1.807) is 32.2 Å². The molecule has 0 radical (unpaired) electrons. The van der Waals surface area contributed by atoms with Gasteiger partial charge in [0.05, 0.1) is 19.3 Å². The number of halogens is 1. The van der Waals surface area contributed by atoms with E-state index < -0.39 is 0 Å². The summed E-state index contributed by atoms with van der Waals surface area (Å²) in [7, 11) is 1.58. The molecule has 0 unspecified atom stereocenters. The third-order valence-electron chi connectivity index (χ3n) is 3.96. The van der Waals surface area contributed by atoms with E-state index in [9.17, 15) is 14.0 Å². The predicted molar refractivity (Wildman–Crippen MR) is 128 cm³/mol. The van der Waals surface area contributed by atoms with Crippen molar-refractivity contribution in [3.05, 3.63) is 77.6 Å². The van der Waals surface area contributed by atoms with Crippen molar-refractivity contribution in [3.63, 3.8) is 0 Å². The third-order valence-corrected chi connectivity index (χ3v) is 3.96. The molecule has 2 amide bonds. The maximum absolute atomic E-state index is 12.9. The zero-order valence-electron chi connectivity index (χ0n) is 19.8. The van der Waals surface area contributed by atoms with Crippen molar-refractivity contribution in [2.75, 3.05) is 20.1 Å². The Morgan fingerprint density at radius 2 is 2.00 bits per heavy atom. The Morgan fingerprint density at radius 1 is 1.29 bits per heavy atom. The Labute approximate surface area is 198 Å². The number of hydrogen-bond acceptors (Lipinski definition) is 7. The maximum Gasteiger partial charge on any atom is 0.285 e. The first kappa shape index (κ1) is 28.0. The van der Waals surface area contributed by atoms with Crippen LogP contribution >= 0.6 is 0 Å². The zero-order valence-corrected chi connectivity index (χ0v) is 19.8. The number of aryl methyl sites for hydroxylation is 1. The number of nitrogens with one attached hydrogen (secondary N) is 1. The number of rotatable bonds is 7. The van der Waals surface area contributed by atoms with E-state index in [1.807, 2.05) is 19.9 Å². The Balaban J connectivity index is 0.000000446. The summed E-state index contributed by atoms with van der Waals surface area (Å²) in [5, 5.41) is 10.1. The number of carbonyl (C=O) groups excluding carboxylic acids is 2. The molecule has 0 fully saturated rings. The summed E-state index contributed by atoms with van der Waals surface area (Å²) >= 11 is 0. The van der Waals surface area contributed by atoms with Crippen LogP contribution in [0.25, 0.3) is 5.76 Å². The number of ether oxygens (including phenoxy) is 1. The lowest BCUT2D eigenvalue weighted by molar-refractivity contribution is -0.116. The lowest BCUT2D eigenvalue weighted by Crippen LogP contribution is -2.24. The highest BCUT2D eigenvalue weighted by atomic mass is 19.1. The number of aliphatic imine (C=N–C) groups is 1. The van der Waals surface area contributed by atoms with E-state index >= 15 is 0 Å². The van der Waals surface area contributed by atoms with Crippen LogP contribution < -0.4 is 5.32 Å². The second-order valence-corrected chi connectivity index (χ2v) is 6.42. The quantitative estimate of drug-likeness (QED) is 0.376. The van der Waals surface area contributed by atoms with Crippen molar-refractivity contribution in [2.45, 2.75) is 27.2 Å². The number of aromatic nitrogens is 2. The summed E-state index contributed by atoms with van der Waals surface area (Å²) in [6.45, 7) is 9.72. The van der Waals surface area contributed by atoms with Gasteiger partial charge in [0.1, 0.15) is 11.6 Å². The van der Waals surface area contributed by atoms with Crippen LogP contribution in [0.5, 0.6) is 0 Å². The Bertz CT molecular complexity index is 1010. The predicted octanol–water partition coefficient (Wildman–Crippen LogP) is 3.45. The topological polar surface area (TPSA) is 110 Å². The molecule has 1 aromatic carbocycles. The Kier molecular flexibility index (Phi) is 12.9. The minimum atomic E-state index is -0.278. The number of hydrogen-bond donors (Lipinski definition) is 1. The fraction of sp³-hybridized carbons (Fsp3) is 0.292. The summed E-state index contributed by atoms with van der Waals surface area (Å²) in [4.78, 5) is 26.5. The van der Waals surface area contributed by atoms with Gasteiger partial charge in [-0.15, -0.1) is 10.2 Å². The summed E-state index contributed by atoms with van der Waals surface area (Å²) in [6, 6.07) is 6.20. The number of benzene rings is 1. The van der Waals surface area contributed by atoms with Gasteiger partial charge in [-0.3, -0.25) is 14.6 Å². The van der Waals surface area contributed by atoms with E-state index in [-0.39, 0.29) is 17.6 Å². The highest BCUT2D eigenvalue weighted by molar-refractivity contribution is 5.87. The van der Waals surface area contributed by atoms with Gasteiger partial charge in [-0.05, 0) is 36.9 Å². The van der Waals surface area contributed by atoms with Crippen LogP contribution in [0.4, 0.5) is 4.39 Å². The average Bonchev–Trinajstić information content (AvgIpc) is 3.31. The van der Waals surface area contributed by atoms with E-state index in [0.717, 1.165) is 5.56 Å². The van der Waals surface area contributed by atoms with Crippen LogP contribution in [-0.2, 0) is 20.7 Å². The summed E-state index contributed by atoms with van der Waals surface area (Å²) in [5.41, 5.74) is 0.935. The maximum atomic E-state index is 12.9. The van der Waals surface area contributed by atoms with Crippen LogP contribution in [0.1, 0.15) is 31.2 Å². The largest absolute Gasteiger partial charge is 0.453 e. The molecule has 34 heavy (non-hydrogen) atoms. The molecule has 0 spiro atoms. The van der Waals surface area contributed by atoms with Gasteiger partial charge in [0, 0.05) is 20.0 Å². The fourth-order valence-corrected chi connectivity index (χ4v) is 2.41. The van der Waals surface area contributed by atoms with Crippen LogP contribution in [0.3, 0.4) is 0 Å². The van der Waals surface area contributed by atoms with Crippen molar-refractivity contribution in [1.82, 2.24) is 20.4 Å². The molecule has 3 rings (SSSR count). The van der Waals surface area contributed by atoms with Crippen molar-refractivity contribution < 1.29 is 23.1 Å². The standard InChI is InChI=1S/C16H14FN3O3.C6H10N2O.C2H6/c1-11-18-19-16(22-11)15-9-20(10-21)8-14(23-15)7-4-12-2-5-13(17)6-3-12;1-7-5-3-4-6(9)8-2;1-2/h2-3,5-7,9-10H,4,8H2,1H3;3-4H,1,5H2,2H3,(H,8,9);1-2H3/b14-7-;4-3+;. The minimum Gasteiger partial charge on any atom is -0.453 e. The normalized spacial score (nSPS) is 13.6. The third kappa shape index (κ3) is 10.0. The summed E-state index contributed by atoms with van der Waals surface area (Å²) in [5.74, 6) is 1.12. The molecule has 0 aliphatic carbocycles. The molecule has 1 N–H and O–H groups in total. The van der Waals surface area contributed by atoms with E-state index in [2.05, 4.69) is 27.2 Å². The smallest absolute Gasteiger partial charge is 0.285 e. The molecule has 10 heteroatoms. The second kappa shape index (κ2) is 15.7. The van der Waals surface area contributed by atoms with Gasteiger partial charge in [0.15, 0.2) is 0 Å². The van der Waals surface area contributed by atoms with Gasteiger partial charge >= 0.3 is 0 Å². The number of amides is 2. The SMILES string of the molecule is C=NC/C=C/C(=O)NC.CC.Cc1nnc(C2=CN(C=O)C/C(=C/Cc3ccc(F)cc3)O2)o1. The summed E-state index contributed by atoms with van der Waals surface area (Å²) < 4.78 is 23.9. The van der Waals surface area contributed by atoms with Crippen molar-refractivity contribution >= 4 is 24.8 Å². The monoisotopic (exact) mass is 471 g/mol. The van der Waals surface area contributed by atoms with Crippen LogP contribution in [0.15, 0.2) is 63.9 Å². The molecule has 0 saturated carbocycles. The molecule has 0 saturated heterocycles. The number of likely N-dealkylation sites (N-methyl/N-ethyl adjacent to an activating group) is 1. The van der Waals surface area contributed by atoms with Crippen LogP contribution in [0.2, 0.25) is 0 Å². The fourth-order valence-electron chi connectivity index (χ4n) is 2.41. The van der Waals surface area contributed by atoms with Crippen LogP contribution in [-0.4, -0.2) is 54.3 Å². The molecule has 2 heterocycles. The van der Waals surface area contributed by atoms with Gasteiger partial charge in [0.25, 0.3) is 5.89 Å². The first-order chi connectivity index (χ1) is 16.4. The van der Waals surface area contributed by atoms with Gasteiger partial charge in [-0.2, -0.15) is 0 Å². The zero-order chi connectivity index (χ0) is 25.3. The number of nitrogens with zero attached hydrogens (tertiary/aromatic N) is 4. The number of allylic oxidation sites excluding steroid dienone is 1. The van der Waals surface area contributed by atoms with Crippen molar-refractivity contribution in [2.24, 2.45) is 4.99 Å². The van der Waals surface area contributed by atoms with Gasteiger partial charge < -0.3 is 19.4 Å². The number of carbonyl (C=O) groups is 2. The molecule has 1 aromatic heterocycles. The van der Waals surface area contributed by atoms with E-state index in [1.165, 1.54) is 29.3 Å². The highest BCUT2D eigenvalue weighted by Gasteiger charge is 2.21. The lowest BCUT2D eigenvalue weighted by Gasteiger charge is -2.22. The van der Waals surface area contributed by atoms with Crippen molar-refractivity contribution in [1.29, 1.82) is 0 Å². The molecule has 2 aromatic rings. The van der Waals surface area contributed by atoms with E-state index in [4.69, 9.17) is 9.15 Å². The molecular weight excluding hydrogens is 441 g/mol. The highest BCUT2D eigenvalue weighted by Crippen LogP contribution is 2.24. The van der Waals surface area contributed by atoms with Crippen molar-refractivity contribution in [3.8, 4) is 0 Å². The molecule has 9 nitrogen and oxygen atoms in total. The van der Waals surface area contributed by atoms with E-state index in [0.29, 0.717) is 43.3 Å². The summed E-state index contributed by atoms with van der Waals surface area (Å²) in [6.07, 6.45) is 7.66. The average molecular weight is 472 g/mol. The van der Waals surface area contributed by atoms with Gasteiger partial charge in [-0.25, -0.2) is 4.39 Å². The Hall–Kier alpha value is -4.08.